The molecule has 1 aliphatic heterocycles. The summed E-state index contributed by atoms with van der Waals surface area (Å²) in [6.45, 7) is 2.73. The summed E-state index contributed by atoms with van der Waals surface area (Å²) in [5.74, 6) is 0.533. The van der Waals surface area contributed by atoms with E-state index in [1.54, 1.807) is 0 Å². The summed E-state index contributed by atoms with van der Waals surface area (Å²) in [6, 6.07) is 0.132. The Kier molecular flexibility index (Phi) is 5.92. The highest BCUT2D eigenvalue weighted by molar-refractivity contribution is 5.74. The quantitative estimate of drug-likeness (QED) is 0.811. The molecule has 0 radical (unpaired) electrons. The Morgan fingerprint density at radius 3 is 2.58 bits per heavy atom. The molecule has 2 fully saturated rings. The molecule has 1 heterocycles. The van der Waals surface area contributed by atoms with Crippen LogP contribution < -0.4 is 5.32 Å². The number of aliphatic hydroxyl groups excluding tert-OH is 1. The Bertz CT molecular complexity index is 274. The van der Waals surface area contributed by atoms with Crippen molar-refractivity contribution in [2.45, 2.75) is 44.6 Å². The molecule has 110 valence electrons. The van der Waals surface area contributed by atoms with Gasteiger partial charge in [0.1, 0.15) is 0 Å². The van der Waals surface area contributed by atoms with E-state index in [4.69, 9.17) is 4.74 Å². The summed E-state index contributed by atoms with van der Waals surface area (Å²) in [5.41, 5.74) is 0. The number of carbonyl (C=O) groups is 1. The number of hydrogen-bond acceptors (Lipinski definition) is 3. The Hall–Kier alpha value is -0.810. The van der Waals surface area contributed by atoms with Gasteiger partial charge < -0.3 is 20.1 Å². The van der Waals surface area contributed by atoms with Crippen LogP contribution in [0.1, 0.15) is 38.5 Å². The molecule has 5 heteroatoms. The number of urea groups is 1. The van der Waals surface area contributed by atoms with Gasteiger partial charge in [-0.1, -0.05) is 19.3 Å². The largest absolute Gasteiger partial charge is 0.396 e. The lowest BCUT2D eigenvalue weighted by atomic mass is 9.83. The lowest BCUT2D eigenvalue weighted by Gasteiger charge is -2.34. The van der Waals surface area contributed by atoms with Gasteiger partial charge in [0.25, 0.3) is 0 Å². The van der Waals surface area contributed by atoms with Gasteiger partial charge in [-0.25, -0.2) is 4.79 Å². The first-order valence-electron chi connectivity index (χ1n) is 7.55. The number of amides is 2. The fraction of sp³-hybridized carbons (Fsp3) is 0.929. The standard InChI is InChI=1S/C14H26N2O3/c17-9-6-13(12-4-2-1-3-5-12)15-14(18)16-7-10-19-11-8-16/h12-13,17H,1-11H2,(H,15,18). The van der Waals surface area contributed by atoms with E-state index in [-0.39, 0.29) is 18.7 Å². The average Bonchev–Trinajstić information content (AvgIpc) is 2.48. The summed E-state index contributed by atoms with van der Waals surface area (Å²) in [5, 5.41) is 12.3. The molecule has 1 atom stereocenters. The minimum Gasteiger partial charge on any atom is -0.396 e. The minimum absolute atomic E-state index is 0.00678. The van der Waals surface area contributed by atoms with Crippen molar-refractivity contribution in [3.63, 3.8) is 0 Å². The number of aliphatic hydroxyl groups is 1. The van der Waals surface area contributed by atoms with Gasteiger partial charge in [0.2, 0.25) is 0 Å². The molecule has 0 aromatic carbocycles. The fourth-order valence-electron chi connectivity index (χ4n) is 3.12. The van der Waals surface area contributed by atoms with Crippen molar-refractivity contribution >= 4 is 6.03 Å². The zero-order chi connectivity index (χ0) is 13.5. The first-order valence-corrected chi connectivity index (χ1v) is 7.55. The van der Waals surface area contributed by atoms with Gasteiger partial charge >= 0.3 is 6.03 Å². The van der Waals surface area contributed by atoms with Gasteiger partial charge in [-0.2, -0.15) is 0 Å². The molecular weight excluding hydrogens is 244 g/mol. The van der Waals surface area contributed by atoms with E-state index in [1.165, 1.54) is 32.1 Å². The third-order valence-corrected chi connectivity index (χ3v) is 4.27. The second kappa shape index (κ2) is 7.70. The molecular formula is C14H26N2O3. The molecule has 1 saturated heterocycles. The second-order valence-electron chi connectivity index (χ2n) is 5.57. The predicted molar refractivity (Wildman–Crippen MR) is 73.0 cm³/mol. The minimum atomic E-state index is 0.00678. The van der Waals surface area contributed by atoms with E-state index in [9.17, 15) is 9.90 Å². The molecule has 5 nitrogen and oxygen atoms in total. The molecule has 2 amide bonds. The van der Waals surface area contributed by atoms with Crippen molar-refractivity contribution in [2.75, 3.05) is 32.9 Å². The number of ether oxygens (including phenoxy) is 1. The Morgan fingerprint density at radius 1 is 1.26 bits per heavy atom. The maximum Gasteiger partial charge on any atom is 0.317 e. The van der Waals surface area contributed by atoms with E-state index in [1.807, 2.05) is 4.90 Å². The number of hydrogen-bond donors (Lipinski definition) is 2. The van der Waals surface area contributed by atoms with E-state index in [0.29, 0.717) is 38.6 Å². The van der Waals surface area contributed by atoms with Crippen LogP contribution in [0.25, 0.3) is 0 Å². The summed E-state index contributed by atoms with van der Waals surface area (Å²) >= 11 is 0. The van der Waals surface area contributed by atoms with Crippen molar-refractivity contribution in [3.8, 4) is 0 Å². The SMILES string of the molecule is O=C(NC(CCO)C1CCCCC1)N1CCOCC1. The molecule has 2 N–H and O–H groups in total. The number of carbonyl (C=O) groups excluding carboxylic acids is 1. The van der Waals surface area contributed by atoms with Crippen LogP contribution in [0.4, 0.5) is 4.79 Å². The number of nitrogens with zero attached hydrogens (tertiary/aromatic N) is 1. The highest BCUT2D eigenvalue weighted by atomic mass is 16.5. The predicted octanol–water partition coefficient (Wildman–Crippen LogP) is 1.36. The molecule has 1 aliphatic carbocycles. The summed E-state index contributed by atoms with van der Waals surface area (Å²) in [4.78, 5) is 14.0. The number of morpholine rings is 1. The van der Waals surface area contributed by atoms with Crippen LogP contribution in [0.2, 0.25) is 0 Å². The van der Waals surface area contributed by atoms with Crippen LogP contribution in [-0.2, 0) is 4.74 Å². The van der Waals surface area contributed by atoms with Gasteiger partial charge in [0, 0.05) is 25.7 Å². The maximum absolute atomic E-state index is 12.2. The average molecular weight is 270 g/mol. The monoisotopic (exact) mass is 270 g/mol. The zero-order valence-electron chi connectivity index (χ0n) is 11.6. The van der Waals surface area contributed by atoms with Crippen LogP contribution in [0, 0.1) is 5.92 Å². The van der Waals surface area contributed by atoms with Gasteiger partial charge in [-0.3, -0.25) is 0 Å². The number of rotatable bonds is 4. The highest BCUT2D eigenvalue weighted by Crippen LogP contribution is 2.27. The molecule has 0 bridgehead atoms. The van der Waals surface area contributed by atoms with E-state index in [2.05, 4.69) is 5.32 Å². The third kappa shape index (κ3) is 4.35. The molecule has 0 aromatic heterocycles. The van der Waals surface area contributed by atoms with Crippen molar-refractivity contribution in [3.05, 3.63) is 0 Å². The lowest BCUT2D eigenvalue weighted by molar-refractivity contribution is 0.0512. The molecule has 2 aliphatic rings. The Balaban J connectivity index is 1.85. The van der Waals surface area contributed by atoms with Crippen molar-refractivity contribution < 1.29 is 14.6 Å². The fourth-order valence-corrected chi connectivity index (χ4v) is 3.12. The van der Waals surface area contributed by atoms with Crippen LogP contribution >= 0.6 is 0 Å². The molecule has 19 heavy (non-hydrogen) atoms. The van der Waals surface area contributed by atoms with Gasteiger partial charge in [-0.15, -0.1) is 0 Å². The normalized spacial score (nSPS) is 23.1. The van der Waals surface area contributed by atoms with Gasteiger partial charge in [0.15, 0.2) is 0 Å². The first-order chi connectivity index (χ1) is 9.31. The van der Waals surface area contributed by atoms with Gasteiger partial charge in [0.05, 0.1) is 13.2 Å². The van der Waals surface area contributed by atoms with E-state index >= 15 is 0 Å². The molecule has 0 aromatic rings. The number of nitrogens with one attached hydrogen (secondary N) is 1. The maximum atomic E-state index is 12.2. The molecule has 1 saturated carbocycles. The summed E-state index contributed by atoms with van der Waals surface area (Å²) in [7, 11) is 0. The first kappa shape index (κ1) is 14.6. The van der Waals surface area contributed by atoms with Crippen LogP contribution in [0.5, 0.6) is 0 Å². The summed E-state index contributed by atoms with van der Waals surface area (Å²) in [6.07, 6.45) is 6.82. The Labute approximate surface area is 115 Å². The van der Waals surface area contributed by atoms with Crippen molar-refractivity contribution in [1.29, 1.82) is 0 Å². The molecule has 0 spiro atoms. The topological polar surface area (TPSA) is 61.8 Å². The van der Waals surface area contributed by atoms with Crippen LogP contribution in [-0.4, -0.2) is 55.0 Å². The second-order valence-corrected chi connectivity index (χ2v) is 5.57. The van der Waals surface area contributed by atoms with Crippen LogP contribution in [0.3, 0.4) is 0 Å². The highest BCUT2D eigenvalue weighted by Gasteiger charge is 2.26. The van der Waals surface area contributed by atoms with E-state index in [0.717, 1.165) is 0 Å². The lowest BCUT2D eigenvalue weighted by Crippen LogP contribution is -2.51. The summed E-state index contributed by atoms with van der Waals surface area (Å²) < 4.78 is 5.26. The van der Waals surface area contributed by atoms with E-state index < -0.39 is 0 Å². The molecule has 2 rings (SSSR count). The van der Waals surface area contributed by atoms with Gasteiger partial charge in [-0.05, 0) is 25.2 Å². The molecule has 1 unspecified atom stereocenters. The smallest absolute Gasteiger partial charge is 0.317 e. The Morgan fingerprint density at radius 2 is 1.95 bits per heavy atom. The van der Waals surface area contributed by atoms with Crippen molar-refractivity contribution in [1.82, 2.24) is 10.2 Å². The van der Waals surface area contributed by atoms with Crippen molar-refractivity contribution in [2.24, 2.45) is 5.92 Å². The zero-order valence-corrected chi connectivity index (χ0v) is 11.6. The third-order valence-electron chi connectivity index (χ3n) is 4.27. The van der Waals surface area contributed by atoms with Crippen LogP contribution in [0.15, 0.2) is 0 Å².